The van der Waals surface area contributed by atoms with Crippen molar-refractivity contribution in [3.8, 4) is 0 Å². The number of pyridine rings is 1. The van der Waals surface area contributed by atoms with Crippen molar-refractivity contribution in [3.05, 3.63) is 65.5 Å². The first-order valence-electron chi connectivity index (χ1n) is 6.47. The van der Waals surface area contributed by atoms with Crippen molar-refractivity contribution in [1.82, 2.24) is 4.98 Å². The normalized spacial score (nSPS) is 21.2. The number of esters is 1. The summed E-state index contributed by atoms with van der Waals surface area (Å²) in [5, 5.41) is 10.3. The summed E-state index contributed by atoms with van der Waals surface area (Å²) in [5.74, 6) is -4.78. The van der Waals surface area contributed by atoms with Gasteiger partial charge < -0.3 is 9.84 Å². The number of halogens is 2. The van der Waals surface area contributed by atoms with E-state index in [1.54, 1.807) is 0 Å². The van der Waals surface area contributed by atoms with Gasteiger partial charge in [-0.15, -0.1) is 0 Å². The number of ether oxygens (including phenoxy) is 1. The topological polar surface area (TPSA) is 59.4 Å². The van der Waals surface area contributed by atoms with E-state index < -0.39 is 29.0 Å². The Hall–Kier alpha value is -2.60. The first-order valence-corrected chi connectivity index (χ1v) is 6.47. The molecule has 0 bridgehead atoms. The summed E-state index contributed by atoms with van der Waals surface area (Å²) in [5.41, 5.74) is -0.448. The van der Waals surface area contributed by atoms with E-state index in [0.717, 1.165) is 12.1 Å². The van der Waals surface area contributed by atoms with Gasteiger partial charge in [-0.3, -0.25) is 4.98 Å². The molecule has 112 valence electrons. The zero-order chi connectivity index (χ0) is 15.9. The standard InChI is InChI=1S/C16H11F2NO3/c1-16(21)14(9-5-7-19-8-6-9)13(15(20)22-16)12-10(17)3-2-4-11(12)18/h2-8,21H,1H3. The first kappa shape index (κ1) is 14.3. The number of rotatable bonds is 2. The molecule has 0 amide bonds. The first-order chi connectivity index (χ1) is 10.4. The van der Waals surface area contributed by atoms with Gasteiger partial charge in [-0.2, -0.15) is 0 Å². The smallest absolute Gasteiger partial charge is 0.342 e. The zero-order valence-corrected chi connectivity index (χ0v) is 11.5. The van der Waals surface area contributed by atoms with Crippen LogP contribution >= 0.6 is 0 Å². The molecular formula is C16H11F2NO3. The highest BCUT2D eigenvalue weighted by atomic mass is 19.1. The summed E-state index contributed by atoms with van der Waals surface area (Å²) in [4.78, 5) is 15.9. The molecule has 0 saturated carbocycles. The van der Waals surface area contributed by atoms with Crippen LogP contribution in [0.25, 0.3) is 11.1 Å². The summed E-state index contributed by atoms with van der Waals surface area (Å²) in [6.45, 7) is 1.24. The molecule has 0 saturated heterocycles. The van der Waals surface area contributed by atoms with Gasteiger partial charge in [-0.05, 0) is 29.8 Å². The highest BCUT2D eigenvalue weighted by molar-refractivity contribution is 6.28. The Morgan fingerprint density at radius 2 is 1.73 bits per heavy atom. The van der Waals surface area contributed by atoms with E-state index in [4.69, 9.17) is 4.74 Å². The Morgan fingerprint density at radius 1 is 1.14 bits per heavy atom. The van der Waals surface area contributed by atoms with Crippen molar-refractivity contribution in [2.75, 3.05) is 0 Å². The van der Waals surface area contributed by atoms with Gasteiger partial charge in [-0.25, -0.2) is 13.6 Å². The minimum atomic E-state index is -1.98. The minimum Gasteiger partial charge on any atom is -0.425 e. The molecule has 0 spiro atoms. The lowest BCUT2D eigenvalue weighted by Gasteiger charge is -2.19. The van der Waals surface area contributed by atoms with Gasteiger partial charge in [0.2, 0.25) is 5.79 Å². The molecule has 22 heavy (non-hydrogen) atoms. The Labute approximate surface area is 124 Å². The third kappa shape index (κ3) is 2.17. The minimum absolute atomic E-state index is 0.00361. The maximum atomic E-state index is 14.0. The molecule has 2 aromatic rings. The fourth-order valence-corrected chi connectivity index (χ4v) is 2.51. The summed E-state index contributed by atoms with van der Waals surface area (Å²) in [6.07, 6.45) is 2.88. The molecule has 3 rings (SSSR count). The van der Waals surface area contributed by atoms with Crippen molar-refractivity contribution < 1.29 is 23.4 Å². The number of carbonyl (C=O) groups excluding carboxylic acids is 1. The molecule has 1 atom stereocenters. The Morgan fingerprint density at radius 3 is 2.32 bits per heavy atom. The number of hydrogen-bond acceptors (Lipinski definition) is 4. The molecule has 0 radical (unpaired) electrons. The Kier molecular flexibility index (Phi) is 3.26. The van der Waals surface area contributed by atoms with Crippen LogP contribution in [0.4, 0.5) is 8.78 Å². The van der Waals surface area contributed by atoms with E-state index in [1.807, 2.05) is 0 Å². The quantitative estimate of drug-likeness (QED) is 0.866. The Bertz CT molecular complexity index is 765. The van der Waals surface area contributed by atoms with Gasteiger partial charge in [0.1, 0.15) is 11.6 Å². The lowest BCUT2D eigenvalue weighted by atomic mass is 9.92. The van der Waals surface area contributed by atoms with Crippen LogP contribution in [-0.2, 0) is 9.53 Å². The molecule has 1 N–H and O–H groups in total. The largest absolute Gasteiger partial charge is 0.425 e. The van der Waals surface area contributed by atoms with Gasteiger partial charge in [0.15, 0.2) is 0 Å². The Balaban J connectivity index is 2.36. The fraction of sp³-hybridized carbons (Fsp3) is 0.125. The summed E-state index contributed by atoms with van der Waals surface area (Å²) in [7, 11) is 0. The lowest BCUT2D eigenvalue weighted by Crippen LogP contribution is -2.26. The lowest BCUT2D eigenvalue weighted by molar-refractivity contribution is -0.169. The van der Waals surface area contributed by atoms with Crippen molar-refractivity contribution in [2.24, 2.45) is 0 Å². The predicted molar refractivity (Wildman–Crippen MR) is 74.1 cm³/mol. The second-order valence-electron chi connectivity index (χ2n) is 4.95. The van der Waals surface area contributed by atoms with E-state index in [9.17, 15) is 18.7 Å². The number of aliphatic hydroxyl groups is 1. The molecule has 1 aromatic heterocycles. The van der Waals surface area contributed by atoms with Crippen LogP contribution in [0.2, 0.25) is 0 Å². The highest BCUT2D eigenvalue weighted by Gasteiger charge is 2.45. The number of nitrogens with zero attached hydrogens (tertiary/aromatic N) is 1. The van der Waals surface area contributed by atoms with Gasteiger partial charge in [0, 0.05) is 24.9 Å². The van der Waals surface area contributed by atoms with E-state index in [0.29, 0.717) is 5.56 Å². The van der Waals surface area contributed by atoms with Gasteiger partial charge in [0.25, 0.3) is 0 Å². The van der Waals surface area contributed by atoms with Crippen molar-refractivity contribution in [1.29, 1.82) is 0 Å². The molecule has 4 nitrogen and oxygen atoms in total. The second-order valence-corrected chi connectivity index (χ2v) is 4.95. The second kappa shape index (κ2) is 4.99. The highest BCUT2D eigenvalue weighted by Crippen LogP contribution is 2.43. The predicted octanol–water partition coefficient (Wildman–Crippen LogP) is 2.54. The van der Waals surface area contributed by atoms with Crippen LogP contribution in [0.15, 0.2) is 42.7 Å². The number of cyclic esters (lactones) is 1. The molecule has 0 fully saturated rings. The van der Waals surface area contributed by atoms with Crippen LogP contribution in [0, 0.1) is 11.6 Å². The molecule has 6 heteroatoms. The van der Waals surface area contributed by atoms with Crippen LogP contribution < -0.4 is 0 Å². The van der Waals surface area contributed by atoms with E-state index in [2.05, 4.69) is 4.98 Å². The van der Waals surface area contributed by atoms with E-state index in [1.165, 1.54) is 37.5 Å². The maximum absolute atomic E-state index is 14.0. The molecule has 2 heterocycles. The van der Waals surface area contributed by atoms with Crippen LogP contribution in [0.1, 0.15) is 18.1 Å². The van der Waals surface area contributed by atoms with Gasteiger partial charge in [-0.1, -0.05) is 6.07 Å². The zero-order valence-electron chi connectivity index (χ0n) is 11.5. The van der Waals surface area contributed by atoms with E-state index >= 15 is 0 Å². The molecule has 0 aliphatic carbocycles. The average Bonchev–Trinajstić information content (AvgIpc) is 2.69. The van der Waals surface area contributed by atoms with Crippen LogP contribution in [0.5, 0.6) is 0 Å². The van der Waals surface area contributed by atoms with Crippen molar-refractivity contribution >= 4 is 17.1 Å². The number of benzene rings is 1. The molecular weight excluding hydrogens is 292 g/mol. The molecule has 1 aliphatic heterocycles. The van der Waals surface area contributed by atoms with Crippen LogP contribution in [0.3, 0.4) is 0 Å². The number of aromatic nitrogens is 1. The van der Waals surface area contributed by atoms with Crippen molar-refractivity contribution in [3.63, 3.8) is 0 Å². The fourth-order valence-electron chi connectivity index (χ4n) is 2.51. The van der Waals surface area contributed by atoms with Crippen molar-refractivity contribution in [2.45, 2.75) is 12.7 Å². The molecule has 1 unspecified atom stereocenters. The summed E-state index contributed by atoms with van der Waals surface area (Å²) >= 11 is 0. The molecule has 1 aromatic carbocycles. The molecule has 1 aliphatic rings. The average molecular weight is 303 g/mol. The SMILES string of the molecule is CC1(O)OC(=O)C(c2c(F)cccc2F)=C1c1ccncc1. The third-order valence-electron chi connectivity index (χ3n) is 3.39. The van der Waals surface area contributed by atoms with Gasteiger partial charge in [0.05, 0.1) is 11.1 Å². The van der Waals surface area contributed by atoms with Gasteiger partial charge >= 0.3 is 5.97 Å². The monoisotopic (exact) mass is 303 g/mol. The number of carbonyl (C=O) groups is 1. The van der Waals surface area contributed by atoms with Crippen LogP contribution in [-0.4, -0.2) is 21.8 Å². The third-order valence-corrected chi connectivity index (χ3v) is 3.39. The van der Waals surface area contributed by atoms with E-state index in [-0.39, 0.29) is 11.1 Å². The summed E-state index contributed by atoms with van der Waals surface area (Å²) in [6, 6.07) is 6.31. The summed E-state index contributed by atoms with van der Waals surface area (Å²) < 4.78 is 33.0. The maximum Gasteiger partial charge on any atom is 0.342 e. The number of hydrogen-bond donors (Lipinski definition) is 1.